The minimum Gasteiger partial charge on any atom is -0.481 e. The molecule has 0 spiro atoms. The van der Waals surface area contributed by atoms with Gasteiger partial charge in [0.25, 0.3) is 5.91 Å². The second-order valence-electron chi connectivity index (χ2n) is 5.70. The number of amides is 1. The molecule has 2 aromatic rings. The first kappa shape index (κ1) is 17.4. The zero-order valence-electron chi connectivity index (χ0n) is 12.7. The highest BCUT2D eigenvalue weighted by molar-refractivity contribution is 7.11. The highest BCUT2D eigenvalue weighted by Gasteiger charge is 2.44. The summed E-state index contributed by atoms with van der Waals surface area (Å²) in [6, 6.07) is 8.79. The van der Waals surface area contributed by atoms with Gasteiger partial charge >= 0.3 is 12.1 Å². The van der Waals surface area contributed by atoms with E-state index in [9.17, 15) is 27.9 Å². The zero-order valence-corrected chi connectivity index (χ0v) is 13.5. The third-order valence-electron chi connectivity index (χ3n) is 4.18. The molecule has 0 radical (unpaired) electrons. The number of nitrogens with zero attached hydrogens (tertiary/aromatic N) is 2. The molecule has 0 saturated carbocycles. The predicted molar refractivity (Wildman–Crippen MR) is 83.3 cm³/mol. The molecule has 9 heteroatoms. The van der Waals surface area contributed by atoms with Gasteiger partial charge in [0.15, 0.2) is 5.69 Å². The molecule has 1 aromatic heterocycles. The summed E-state index contributed by atoms with van der Waals surface area (Å²) in [5.41, 5.74) is 0.484. The average molecular weight is 370 g/mol. The van der Waals surface area contributed by atoms with Crippen molar-refractivity contribution in [3.8, 4) is 0 Å². The Balaban J connectivity index is 1.88. The maximum absolute atomic E-state index is 13.0. The summed E-state index contributed by atoms with van der Waals surface area (Å²) in [5, 5.41) is 9.43. The standard InChI is InChI=1S/C16H13F3N2O3S/c17-16(18,19)13-12(25-8-20-13)14(22)21-6-10(11(7-21)15(23)24)9-4-2-1-3-5-9/h1-5,8,10-11H,6-7H2,(H,23,24)/t10-,11-/m1/s1. The van der Waals surface area contributed by atoms with E-state index in [0.29, 0.717) is 11.3 Å². The van der Waals surface area contributed by atoms with Crippen LogP contribution < -0.4 is 0 Å². The first-order valence-electron chi connectivity index (χ1n) is 7.36. The van der Waals surface area contributed by atoms with Gasteiger partial charge in [-0.1, -0.05) is 30.3 Å². The van der Waals surface area contributed by atoms with Gasteiger partial charge in [-0.3, -0.25) is 9.59 Å². The second-order valence-corrected chi connectivity index (χ2v) is 6.55. The van der Waals surface area contributed by atoms with Gasteiger partial charge in [0.1, 0.15) is 4.88 Å². The number of hydrogen-bond donors (Lipinski definition) is 1. The van der Waals surface area contributed by atoms with Gasteiger partial charge in [0, 0.05) is 19.0 Å². The maximum atomic E-state index is 13.0. The summed E-state index contributed by atoms with van der Waals surface area (Å²) in [6.07, 6.45) is -4.73. The SMILES string of the molecule is O=C(O)[C@@H]1CN(C(=O)c2scnc2C(F)(F)F)C[C@@H]1c1ccccc1. The molecule has 1 aliphatic heterocycles. The van der Waals surface area contributed by atoms with E-state index >= 15 is 0 Å². The largest absolute Gasteiger partial charge is 0.481 e. The van der Waals surface area contributed by atoms with Gasteiger partial charge in [-0.25, -0.2) is 4.98 Å². The topological polar surface area (TPSA) is 70.5 Å². The summed E-state index contributed by atoms with van der Waals surface area (Å²) in [7, 11) is 0. The number of likely N-dealkylation sites (tertiary alicyclic amines) is 1. The van der Waals surface area contributed by atoms with Gasteiger partial charge in [-0.15, -0.1) is 11.3 Å². The monoisotopic (exact) mass is 370 g/mol. The lowest BCUT2D eigenvalue weighted by molar-refractivity contribution is -0.142. The van der Waals surface area contributed by atoms with Crippen molar-refractivity contribution in [3.05, 3.63) is 52.0 Å². The number of benzene rings is 1. The van der Waals surface area contributed by atoms with Crippen molar-refractivity contribution in [1.82, 2.24) is 9.88 Å². The Bertz CT molecular complexity index is 791. The van der Waals surface area contributed by atoms with E-state index < -0.39 is 40.5 Å². The molecule has 25 heavy (non-hydrogen) atoms. The number of halogens is 3. The van der Waals surface area contributed by atoms with E-state index in [0.717, 1.165) is 11.1 Å². The smallest absolute Gasteiger partial charge is 0.434 e. The van der Waals surface area contributed by atoms with E-state index in [1.54, 1.807) is 30.3 Å². The predicted octanol–water partition coefficient (Wildman–Crippen LogP) is 3.10. The molecule has 1 N–H and O–H groups in total. The fourth-order valence-electron chi connectivity index (χ4n) is 3.00. The number of aliphatic carboxylic acids is 1. The fraction of sp³-hybridized carbons (Fsp3) is 0.312. The Morgan fingerprint density at radius 2 is 1.88 bits per heavy atom. The maximum Gasteiger partial charge on any atom is 0.434 e. The molecule has 0 bridgehead atoms. The third-order valence-corrected chi connectivity index (χ3v) is 5.00. The number of alkyl halides is 3. The van der Waals surface area contributed by atoms with Gasteiger partial charge in [-0.2, -0.15) is 13.2 Å². The number of thiazole rings is 1. The van der Waals surface area contributed by atoms with Gasteiger partial charge in [-0.05, 0) is 5.56 Å². The van der Waals surface area contributed by atoms with E-state index in [1.807, 2.05) is 0 Å². The lowest BCUT2D eigenvalue weighted by Gasteiger charge is -2.16. The van der Waals surface area contributed by atoms with Crippen molar-refractivity contribution in [2.75, 3.05) is 13.1 Å². The summed E-state index contributed by atoms with van der Waals surface area (Å²) in [6.45, 7) is -0.0854. The van der Waals surface area contributed by atoms with Crippen molar-refractivity contribution >= 4 is 23.2 Å². The van der Waals surface area contributed by atoms with Crippen LogP contribution in [0.4, 0.5) is 13.2 Å². The molecule has 1 aromatic carbocycles. The Labute approximate surface area is 144 Å². The molecule has 3 rings (SSSR count). The Morgan fingerprint density at radius 3 is 2.48 bits per heavy atom. The van der Waals surface area contributed by atoms with E-state index in [-0.39, 0.29) is 13.1 Å². The molecule has 1 aliphatic rings. The van der Waals surface area contributed by atoms with Crippen LogP contribution in [0.1, 0.15) is 26.8 Å². The Kier molecular flexibility index (Phi) is 4.51. The van der Waals surface area contributed by atoms with Crippen LogP contribution in [-0.2, 0) is 11.0 Å². The van der Waals surface area contributed by atoms with Crippen LogP contribution >= 0.6 is 11.3 Å². The van der Waals surface area contributed by atoms with E-state index in [4.69, 9.17) is 0 Å². The van der Waals surface area contributed by atoms with Crippen LogP contribution in [0.5, 0.6) is 0 Å². The molecule has 132 valence electrons. The number of hydrogen-bond acceptors (Lipinski definition) is 4. The van der Waals surface area contributed by atoms with Crippen LogP contribution in [0.2, 0.25) is 0 Å². The van der Waals surface area contributed by atoms with Gasteiger partial charge < -0.3 is 10.0 Å². The number of carbonyl (C=O) groups excluding carboxylic acids is 1. The molecule has 1 amide bonds. The van der Waals surface area contributed by atoms with Crippen LogP contribution in [0, 0.1) is 5.92 Å². The van der Waals surface area contributed by atoms with E-state index in [1.165, 1.54) is 4.90 Å². The molecule has 0 unspecified atom stereocenters. The van der Waals surface area contributed by atoms with Crippen molar-refractivity contribution in [2.24, 2.45) is 5.92 Å². The second kappa shape index (κ2) is 6.47. The number of rotatable bonds is 3. The number of aromatic nitrogens is 1. The zero-order chi connectivity index (χ0) is 18.2. The van der Waals surface area contributed by atoms with Crippen molar-refractivity contribution < 1.29 is 27.9 Å². The number of carboxylic acids is 1. The van der Waals surface area contributed by atoms with Crippen LogP contribution in [-0.4, -0.2) is 40.0 Å². The summed E-state index contributed by atoms with van der Waals surface area (Å²) >= 11 is 0.608. The first-order valence-corrected chi connectivity index (χ1v) is 8.24. The number of carbonyl (C=O) groups is 2. The molecule has 1 saturated heterocycles. The van der Waals surface area contributed by atoms with Crippen molar-refractivity contribution in [2.45, 2.75) is 12.1 Å². The Morgan fingerprint density at radius 1 is 1.20 bits per heavy atom. The fourth-order valence-corrected chi connectivity index (χ4v) is 3.77. The summed E-state index contributed by atoms with van der Waals surface area (Å²) < 4.78 is 38.9. The highest BCUT2D eigenvalue weighted by atomic mass is 32.1. The average Bonchev–Trinajstić information content (AvgIpc) is 3.22. The highest BCUT2D eigenvalue weighted by Crippen LogP contribution is 2.37. The van der Waals surface area contributed by atoms with Gasteiger partial charge in [0.2, 0.25) is 0 Å². The molecular formula is C16H13F3N2O3S. The van der Waals surface area contributed by atoms with Crippen molar-refractivity contribution in [1.29, 1.82) is 0 Å². The van der Waals surface area contributed by atoms with E-state index in [2.05, 4.69) is 4.98 Å². The first-order chi connectivity index (χ1) is 11.8. The van der Waals surface area contributed by atoms with Crippen LogP contribution in [0.3, 0.4) is 0 Å². The van der Waals surface area contributed by atoms with Crippen molar-refractivity contribution in [3.63, 3.8) is 0 Å². The lowest BCUT2D eigenvalue weighted by Crippen LogP contribution is -2.30. The minimum atomic E-state index is -4.73. The third kappa shape index (κ3) is 3.37. The molecule has 2 heterocycles. The summed E-state index contributed by atoms with van der Waals surface area (Å²) in [5.74, 6) is -3.25. The van der Waals surface area contributed by atoms with Crippen LogP contribution in [0.15, 0.2) is 35.8 Å². The lowest BCUT2D eigenvalue weighted by atomic mass is 9.89. The van der Waals surface area contributed by atoms with Crippen LogP contribution in [0.25, 0.3) is 0 Å². The Hall–Kier alpha value is -2.42. The normalized spacial score (nSPS) is 20.7. The minimum absolute atomic E-state index is 0.0506. The quantitative estimate of drug-likeness (QED) is 0.901. The number of carboxylic acid groups (broad SMARTS) is 1. The molecule has 1 fully saturated rings. The summed E-state index contributed by atoms with van der Waals surface area (Å²) in [4.78, 5) is 28.0. The van der Waals surface area contributed by atoms with Gasteiger partial charge in [0.05, 0.1) is 11.4 Å². The molecule has 0 aliphatic carbocycles. The molecule has 2 atom stereocenters. The molecule has 5 nitrogen and oxygen atoms in total. The molecular weight excluding hydrogens is 357 g/mol.